The van der Waals surface area contributed by atoms with Crippen LogP contribution >= 0.6 is 0 Å². The number of hydrogen-bond acceptors (Lipinski definition) is 5. The monoisotopic (exact) mass is 380 g/mol. The molecule has 1 heterocycles. The second-order valence-electron chi connectivity index (χ2n) is 7.77. The van der Waals surface area contributed by atoms with Gasteiger partial charge in [-0.3, -0.25) is 9.89 Å². The largest absolute Gasteiger partial charge is 0.357 e. The fourth-order valence-electron chi connectivity index (χ4n) is 2.95. The van der Waals surface area contributed by atoms with E-state index < -0.39 is 0 Å². The van der Waals surface area contributed by atoms with Gasteiger partial charge in [-0.1, -0.05) is 19.0 Å². The Bertz CT molecular complexity index is 530. The number of aliphatic imine (C=N–C) groups is 1. The topological polar surface area (TPSA) is 78.6 Å². The van der Waals surface area contributed by atoms with Crippen LogP contribution in [0.4, 0.5) is 0 Å². The first-order valence-corrected chi connectivity index (χ1v) is 10.5. The molecule has 0 aliphatic rings. The number of aromatic nitrogens is 2. The summed E-state index contributed by atoms with van der Waals surface area (Å²) in [5.74, 6) is 2.66. The average Bonchev–Trinajstić information content (AvgIpc) is 3.06. The highest BCUT2D eigenvalue weighted by Crippen LogP contribution is 2.10. The van der Waals surface area contributed by atoms with Crippen LogP contribution in [-0.4, -0.2) is 59.3 Å². The Kier molecular flexibility index (Phi) is 11.0. The maximum Gasteiger partial charge on any atom is 0.226 e. The van der Waals surface area contributed by atoms with Crippen molar-refractivity contribution in [2.75, 3.05) is 26.2 Å². The van der Waals surface area contributed by atoms with Gasteiger partial charge < -0.3 is 15.2 Å². The second kappa shape index (κ2) is 12.7. The molecule has 27 heavy (non-hydrogen) atoms. The number of hydrogen-bond donors (Lipinski definition) is 2. The number of nitrogens with one attached hydrogen (secondary N) is 2. The Hall–Kier alpha value is -1.63. The lowest BCUT2D eigenvalue weighted by Gasteiger charge is -2.30. The molecule has 156 valence electrons. The maximum absolute atomic E-state index is 5.28. The van der Waals surface area contributed by atoms with Gasteiger partial charge in [-0.2, -0.15) is 4.98 Å². The average molecular weight is 381 g/mol. The first-order chi connectivity index (χ1) is 12.8. The molecule has 7 heteroatoms. The van der Waals surface area contributed by atoms with Crippen LogP contribution in [0.5, 0.6) is 0 Å². The Labute approximate surface area is 165 Å². The quantitative estimate of drug-likeness (QED) is 0.329. The summed E-state index contributed by atoms with van der Waals surface area (Å²) in [4.78, 5) is 11.6. The molecule has 1 aromatic heterocycles. The van der Waals surface area contributed by atoms with E-state index in [9.17, 15) is 0 Å². The molecular formula is C20H40N6O. The van der Waals surface area contributed by atoms with Crippen molar-refractivity contribution in [1.29, 1.82) is 0 Å². The van der Waals surface area contributed by atoms with Crippen LogP contribution in [0.3, 0.4) is 0 Å². The van der Waals surface area contributed by atoms with E-state index in [0.29, 0.717) is 23.9 Å². The molecule has 0 radical (unpaired) electrons. The van der Waals surface area contributed by atoms with Gasteiger partial charge in [0.05, 0.1) is 0 Å². The highest BCUT2D eigenvalue weighted by atomic mass is 16.5. The van der Waals surface area contributed by atoms with E-state index in [1.807, 2.05) is 0 Å². The first kappa shape index (κ1) is 23.4. The van der Waals surface area contributed by atoms with E-state index in [4.69, 9.17) is 4.52 Å². The van der Waals surface area contributed by atoms with Crippen molar-refractivity contribution < 1.29 is 4.52 Å². The Balaban J connectivity index is 2.34. The summed E-state index contributed by atoms with van der Waals surface area (Å²) in [5.41, 5.74) is 0. The van der Waals surface area contributed by atoms with E-state index in [0.717, 1.165) is 57.2 Å². The van der Waals surface area contributed by atoms with Gasteiger partial charge in [-0.25, -0.2) is 0 Å². The predicted octanol–water partition coefficient (Wildman–Crippen LogP) is 3.19. The third kappa shape index (κ3) is 9.22. The molecule has 1 rings (SSSR count). The van der Waals surface area contributed by atoms with Crippen molar-refractivity contribution in [2.24, 2.45) is 4.99 Å². The van der Waals surface area contributed by atoms with Gasteiger partial charge in [0.25, 0.3) is 0 Å². The van der Waals surface area contributed by atoms with Crippen LogP contribution in [0.2, 0.25) is 0 Å². The summed E-state index contributed by atoms with van der Waals surface area (Å²) in [5, 5.41) is 10.7. The predicted molar refractivity (Wildman–Crippen MR) is 112 cm³/mol. The van der Waals surface area contributed by atoms with Crippen LogP contribution in [0.25, 0.3) is 0 Å². The highest BCUT2D eigenvalue weighted by molar-refractivity contribution is 5.79. The van der Waals surface area contributed by atoms with Crippen molar-refractivity contribution >= 4 is 5.96 Å². The minimum Gasteiger partial charge on any atom is -0.357 e. The fourth-order valence-corrected chi connectivity index (χ4v) is 2.95. The highest BCUT2D eigenvalue weighted by Gasteiger charge is 2.12. The summed E-state index contributed by atoms with van der Waals surface area (Å²) in [6, 6.07) is 1.15. The minimum absolute atomic E-state index is 0.299. The smallest absolute Gasteiger partial charge is 0.226 e. The molecule has 0 saturated carbocycles. The third-order valence-electron chi connectivity index (χ3n) is 4.38. The molecule has 0 aliphatic heterocycles. The molecule has 0 saturated heterocycles. The molecule has 1 aromatic rings. The van der Waals surface area contributed by atoms with E-state index in [1.54, 1.807) is 0 Å². The number of guanidine groups is 1. The van der Waals surface area contributed by atoms with E-state index in [-0.39, 0.29) is 0 Å². The first-order valence-electron chi connectivity index (χ1n) is 10.5. The summed E-state index contributed by atoms with van der Waals surface area (Å²) in [7, 11) is 0. The van der Waals surface area contributed by atoms with Gasteiger partial charge in [0.15, 0.2) is 11.8 Å². The lowest BCUT2D eigenvalue weighted by atomic mass is 10.2. The molecule has 0 bridgehead atoms. The van der Waals surface area contributed by atoms with Crippen molar-refractivity contribution in [3.05, 3.63) is 11.7 Å². The SMILES string of the molecule is CCNC(=NCCCc1nc(C(C)C)no1)NCCCN(C(C)C)C(C)C. The second-order valence-corrected chi connectivity index (χ2v) is 7.77. The third-order valence-corrected chi connectivity index (χ3v) is 4.38. The molecule has 0 amide bonds. The van der Waals surface area contributed by atoms with Crippen molar-refractivity contribution in [2.45, 2.75) is 85.7 Å². The van der Waals surface area contributed by atoms with E-state index in [2.05, 4.69) is 79.1 Å². The molecule has 0 spiro atoms. The molecule has 0 unspecified atom stereocenters. The molecule has 0 fully saturated rings. The Morgan fingerprint density at radius 3 is 2.33 bits per heavy atom. The van der Waals surface area contributed by atoms with E-state index >= 15 is 0 Å². The fraction of sp³-hybridized carbons (Fsp3) is 0.850. The van der Waals surface area contributed by atoms with Gasteiger partial charge in [0, 0.05) is 50.6 Å². The van der Waals surface area contributed by atoms with Gasteiger partial charge >= 0.3 is 0 Å². The van der Waals surface area contributed by atoms with Crippen LogP contribution in [0.15, 0.2) is 9.52 Å². The summed E-state index contributed by atoms with van der Waals surface area (Å²) in [6.07, 6.45) is 2.76. The lowest BCUT2D eigenvalue weighted by molar-refractivity contribution is 0.173. The van der Waals surface area contributed by atoms with Gasteiger partial charge in [-0.05, 0) is 47.5 Å². The molecule has 0 atom stereocenters. The molecule has 2 N–H and O–H groups in total. The summed E-state index contributed by atoms with van der Waals surface area (Å²) < 4.78 is 5.28. The normalized spacial score (nSPS) is 12.6. The molecular weight excluding hydrogens is 340 g/mol. The van der Waals surface area contributed by atoms with Gasteiger partial charge in [-0.15, -0.1) is 0 Å². The zero-order chi connectivity index (χ0) is 20.2. The number of rotatable bonds is 12. The number of nitrogens with zero attached hydrogens (tertiary/aromatic N) is 4. The Morgan fingerprint density at radius 2 is 1.78 bits per heavy atom. The van der Waals surface area contributed by atoms with Crippen molar-refractivity contribution in [3.8, 4) is 0 Å². The minimum atomic E-state index is 0.299. The summed E-state index contributed by atoms with van der Waals surface area (Å²) in [6.45, 7) is 18.8. The maximum atomic E-state index is 5.28. The van der Waals surface area contributed by atoms with E-state index in [1.165, 1.54) is 0 Å². The standard InChI is InChI=1S/C20H40N6O/c1-8-21-20(23-13-10-14-26(16(4)5)17(6)7)22-12-9-11-18-24-19(15(2)3)25-27-18/h15-17H,8-14H2,1-7H3,(H2,21,22,23). The molecule has 7 nitrogen and oxygen atoms in total. The molecule has 0 aromatic carbocycles. The number of aryl methyl sites for hydroxylation is 1. The zero-order valence-corrected chi connectivity index (χ0v) is 18.4. The van der Waals surface area contributed by atoms with Crippen LogP contribution < -0.4 is 10.6 Å². The van der Waals surface area contributed by atoms with Crippen LogP contribution in [-0.2, 0) is 6.42 Å². The van der Waals surface area contributed by atoms with Gasteiger partial charge in [0.1, 0.15) is 0 Å². The lowest BCUT2D eigenvalue weighted by Crippen LogP contribution is -2.41. The summed E-state index contributed by atoms with van der Waals surface area (Å²) >= 11 is 0. The Morgan fingerprint density at radius 1 is 1.07 bits per heavy atom. The van der Waals surface area contributed by atoms with Crippen molar-refractivity contribution in [3.63, 3.8) is 0 Å². The molecule has 0 aliphatic carbocycles. The zero-order valence-electron chi connectivity index (χ0n) is 18.4. The van der Waals surface area contributed by atoms with Crippen LogP contribution in [0.1, 0.15) is 78.9 Å². The van der Waals surface area contributed by atoms with Crippen LogP contribution in [0, 0.1) is 0 Å². The van der Waals surface area contributed by atoms with Crippen molar-refractivity contribution in [1.82, 2.24) is 25.7 Å². The van der Waals surface area contributed by atoms with Gasteiger partial charge in [0.2, 0.25) is 5.89 Å².